The standard InChI is InChI=1S/C8H9N3/c1-5-3-8(10)11-7(4-9)6(5)2/h3H,1-2H3,(H2,10,11). The van der Waals surface area contributed by atoms with Crippen LogP contribution in [0.2, 0.25) is 0 Å². The van der Waals surface area contributed by atoms with Crippen LogP contribution in [0.5, 0.6) is 0 Å². The highest BCUT2D eigenvalue weighted by Gasteiger charge is 2.02. The number of nitriles is 1. The van der Waals surface area contributed by atoms with Gasteiger partial charge in [-0.3, -0.25) is 0 Å². The molecule has 0 spiro atoms. The molecule has 1 heterocycles. The highest BCUT2D eigenvalue weighted by molar-refractivity contribution is 5.44. The molecule has 1 rings (SSSR count). The molecule has 0 unspecified atom stereocenters. The van der Waals surface area contributed by atoms with Crippen LogP contribution in [-0.4, -0.2) is 4.98 Å². The van der Waals surface area contributed by atoms with E-state index in [1.54, 1.807) is 6.07 Å². The molecule has 0 saturated heterocycles. The Morgan fingerprint density at radius 3 is 2.73 bits per heavy atom. The van der Waals surface area contributed by atoms with Gasteiger partial charge < -0.3 is 5.73 Å². The summed E-state index contributed by atoms with van der Waals surface area (Å²) in [5.41, 5.74) is 7.77. The van der Waals surface area contributed by atoms with Crippen LogP contribution < -0.4 is 5.73 Å². The van der Waals surface area contributed by atoms with Crippen LogP contribution in [0.4, 0.5) is 5.82 Å². The minimum Gasteiger partial charge on any atom is -0.384 e. The van der Waals surface area contributed by atoms with Crippen molar-refractivity contribution < 1.29 is 0 Å². The zero-order valence-corrected chi connectivity index (χ0v) is 6.55. The fraction of sp³-hybridized carbons (Fsp3) is 0.250. The summed E-state index contributed by atoms with van der Waals surface area (Å²) in [7, 11) is 0. The molecular weight excluding hydrogens is 138 g/mol. The lowest BCUT2D eigenvalue weighted by Gasteiger charge is -2.01. The van der Waals surface area contributed by atoms with Crippen molar-refractivity contribution in [2.75, 3.05) is 5.73 Å². The SMILES string of the molecule is Cc1cc(N)nc(C#N)c1C. The first-order valence-electron chi connectivity index (χ1n) is 3.29. The molecule has 0 aliphatic carbocycles. The molecule has 0 saturated carbocycles. The highest BCUT2D eigenvalue weighted by Crippen LogP contribution is 2.12. The van der Waals surface area contributed by atoms with Crippen molar-refractivity contribution in [3.05, 3.63) is 22.9 Å². The summed E-state index contributed by atoms with van der Waals surface area (Å²) in [6.07, 6.45) is 0. The quantitative estimate of drug-likeness (QED) is 0.598. The zero-order chi connectivity index (χ0) is 8.43. The van der Waals surface area contributed by atoms with Gasteiger partial charge in [-0.1, -0.05) is 0 Å². The number of anilines is 1. The second-order valence-corrected chi connectivity index (χ2v) is 2.45. The summed E-state index contributed by atoms with van der Waals surface area (Å²) in [5, 5.41) is 8.60. The van der Waals surface area contributed by atoms with E-state index in [4.69, 9.17) is 11.0 Å². The summed E-state index contributed by atoms with van der Waals surface area (Å²) < 4.78 is 0. The van der Waals surface area contributed by atoms with Crippen LogP contribution in [0.25, 0.3) is 0 Å². The maximum Gasteiger partial charge on any atom is 0.146 e. The number of aryl methyl sites for hydroxylation is 1. The summed E-state index contributed by atoms with van der Waals surface area (Å²) >= 11 is 0. The van der Waals surface area contributed by atoms with E-state index in [-0.39, 0.29) is 0 Å². The van der Waals surface area contributed by atoms with Crippen LogP contribution in [0, 0.1) is 25.2 Å². The Bertz CT molecular complexity index is 323. The number of nitrogens with two attached hydrogens (primary N) is 1. The molecule has 0 amide bonds. The molecule has 0 radical (unpaired) electrons. The fourth-order valence-electron chi connectivity index (χ4n) is 0.871. The van der Waals surface area contributed by atoms with E-state index in [1.165, 1.54) is 0 Å². The first kappa shape index (κ1) is 7.55. The number of pyridine rings is 1. The molecule has 0 atom stereocenters. The molecule has 0 aliphatic rings. The lowest BCUT2D eigenvalue weighted by Crippen LogP contribution is -1.97. The van der Waals surface area contributed by atoms with Gasteiger partial charge in [0.25, 0.3) is 0 Å². The molecular formula is C8H9N3. The highest BCUT2D eigenvalue weighted by atomic mass is 14.8. The molecule has 0 aliphatic heterocycles. The Hall–Kier alpha value is -1.56. The third kappa shape index (κ3) is 1.30. The van der Waals surface area contributed by atoms with Crippen molar-refractivity contribution in [1.82, 2.24) is 4.98 Å². The molecule has 1 aromatic rings. The summed E-state index contributed by atoms with van der Waals surface area (Å²) in [5.74, 6) is 0.407. The summed E-state index contributed by atoms with van der Waals surface area (Å²) in [4.78, 5) is 3.87. The van der Waals surface area contributed by atoms with E-state index in [1.807, 2.05) is 19.9 Å². The Balaban J connectivity index is 3.39. The molecule has 11 heavy (non-hydrogen) atoms. The number of hydrogen-bond donors (Lipinski definition) is 1. The van der Waals surface area contributed by atoms with Crippen molar-refractivity contribution in [3.8, 4) is 6.07 Å². The Labute approximate surface area is 65.5 Å². The maximum absolute atomic E-state index is 8.60. The number of rotatable bonds is 0. The normalized spacial score (nSPS) is 9.18. The third-order valence-electron chi connectivity index (χ3n) is 1.66. The van der Waals surface area contributed by atoms with Gasteiger partial charge in [-0.25, -0.2) is 4.98 Å². The van der Waals surface area contributed by atoms with Gasteiger partial charge in [-0.05, 0) is 31.0 Å². The minimum absolute atomic E-state index is 0.407. The van der Waals surface area contributed by atoms with Gasteiger partial charge in [0.15, 0.2) is 0 Å². The first-order valence-corrected chi connectivity index (χ1v) is 3.29. The minimum atomic E-state index is 0.407. The van der Waals surface area contributed by atoms with Crippen molar-refractivity contribution in [3.63, 3.8) is 0 Å². The number of hydrogen-bond acceptors (Lipinski definition) is 3. The zero-order valence-electron chi connectivity index (χ0n) is 6.55. The van der Waals surface area contributed by atoms with Crippen LogP contribution in [0.1, 0.15) is 16.8 Å². The third-order valence-corrected chi connectivity index (χ3v) is 1.66. The second kappa shape index (κ2) is 2.59. The lowest BCUT2D eigenvalue weighted by molar-refractivity contribution is 1.18. The number of nitrogen functional groups attached to an aromatic ring is 1. The first-order chi connectivity index (χ1) is 5.15. The maximum atomic E-state index is 8.60. The topological polar surface area (TPSA) is 62.7 Å². The molecule has 0 bridgehead atoms. The largest absolute Gasteiger partial charge is 0.384 e. The Kier molecular flexibility index (Phi) is 1.77. The van der Waals surface area contributed by atoms with Gasteiger partial charge in [-0.15, -0.1) is 0 Å². The Morgan fingerprint density at radius 2 is 2.18 bits per heavy atom. The van der Waals surface area contributed by atoms with Crippen molar-refractivity contribution in [2.45, 2.75) is 13.8 Å². The van der Waals surface area contributed by atoms with Gasteiger partial charge >= 0.3 is 0 Å². The molecule has 1 aromatic heterocycles. The average molecular weight is 147 g/mol. The fourth-order valence-corrected chi connectivity index (χ4v) is 0.871. The molecule has 56 valence electrons. The predicted molar refractivity (Wildman–Crippen MR) is 42.8 cm³/mol. The molecule has 0 aromatic carbocycles. The number of aromatic nitrogens is 1. The van der Waals surface area contributed by atoms with Crippen molar-refractivity contribution in [2.24, 2.45) is 0 Å². The van der Waals surface area contributed by atoms with Gasteiger partial charge in [0.1, 0.15) is 17.6 Å². The van der Waals surface area contributed by atoms with Crippen LogP contribution in [0.3, 0.4) is 0 Å². The van der Waals surface area contributed by atoms with Crippen LogP contribution in [-0.2, 0) is 0 Å². The second-order valence-electron chi connectivity index (χ2n) is 2.45. The Morgan fingerprint density at radius 1 is 1.55 bits per heavy atom. The van der Waals surface area contributed by atoms with E-state index < -0.39 is 0 Å². The van der Waals surface area contributed by atoms with Crippen molar-refractivity contribution >= 4 is 5.82 Å². The van der Waals surface area contributed by atoms with Crippen LogP contribution in [0.15, 0.2) is 6.07 Å². The van der Waals surface area contributed by atoms with Gasteiger partial charge in [0.05, 0.1) is 0 Å². The predicted octanol–water partition coefficient (Wildman–Crippen LogP) is 1.15. The van der Waals surface area contributed by atoms with E-state index in [2.05, 4.69) is 4.98 Å². The van der Waals surface area contributed by atoms with Gasteiger partial charge in [0, 0.05) is 0 Å². The van der Waals surface area contributed by atoms with Gasteiger partial charge in [0.2, 0.25) is 0 Å². The average Bonchev–Trinajstić information content (AvgIpc) is 1.96. The summed E-state index contributed by atoms with van der Waals surface area (Å²) in [6, 6.07) is 3.75. The van der Waals surface area contributed by atoms with E-state index in [9.17, 15) is 0 Å². The monoisotopic (exact) mass is 147 g/mol. The van der Waals surface area contributed by atoms with Gasteiger partial charge in [-0.2, -0.15) is 5.26 Å². The number of nitrogens with zero attached hydrogens (tertiary/aromatic N) is 2. The molecule has 3 nitrogen and oxygen atoms in total. The molecule has 3 heteroatoms. The smallest absolute Gasteiger partial charge is 0.146 e. The van der Waals surface area contributed by atoms with E-state index in [0.29, 0.717) is 11.5 Å². The lowest BCUT2D eigenvalue weighted by atomic mass is 10.1. The van der Waals surface area contributed by atoms with Crippen LogP contribution >= 0.6 is 0 Å². The van der Waals surface area contributed by atoms with E-state index in [0.717, 1.165) is 11.1 Å². The van der Waals surface area contributed by atoms with E-state index >= 15 is 0 Å². The summed E-state index contributed by atoms with van der Waals surface area (Å²) in [6.45, 7) is 3.77. The molecule has 0 fully saturated rings. The molecule has 2 N–H and O–H groups in total. The van der Waals surface area contributed by atoms with Crippen molar-refractivity contribution in [1.29, 1.82) is 5.26 Å².